The van der Waals surface area contributed by atoms with Gasteiger partial charge in [0.2, 0.25) is 11.7 Å². The topological polar surface area (TPSA) is 79.5 Å². The van der Waals surface area contributed by atoms with Crippen molar-refractivity contribution >= 4 is 11.7 Å². The molecule has 0 atom stereocenters. The van der Waals surface area contributed by atoms with Gasteiger partial charge in [0.1, 0.15) is 5.69 Å². The number of carbonyl (C=O) groups is 1. The van der Waals surface area contributed by atoms with Gasteiger partial charge in [-0.2, -0.15) is 4.98 Å². The Kier molecular flexibility index (Phi) is 2.71. The van der Waals surface area contributed by atoms with Crippen LogP contribution in [-0.4, -0.2) is 27.4 Å². The van der Waals surface area contributed by atoms with Crippen LogP contribution in [0.2, 0.25) is 0 Å². The van der Waals surface area contributed by atoms with E-state index in [1.54, 1.807) is 4.40 Å². The summed E-state index contributed by atoms with van der Waals surface area (Å²) in [5.41, 5.74) is 1.67. The van der Waals surface area contributed by atoms with E-state index in [-0.39, 0.29) is 5.69 Å². The molecule has 2 aromatic heterocycles. The summed E-state index contributed by atoms with van der Waals surface area (Å²) < 4.78 is 6.80. The molecule has 0 saturated heterocycles. The minimum Gasteiger partial charge on any atom is -0.543 e. The predicted molar refractivity (Wildman–Crippen MR) is 58.0 cm³/mol. The summed E-state index contributed by atoms with van der Waals surface area (Å²) in [7, 11) is 1.53. The normalized spacial score (nSPS) is 10.8. The summed E-state index contributed by atoms with van der Waals surface area (Å²) in [6, 6.07) is 0. The van der Waals surface area contributed by atoms with Crippen LogP contribution in [0.15, 0.2) is 6.20 Å². The first-order valence-electron chi connectivity index (χ1n) is 5.22. The second kappa shape index (κ2) is 4.04. The van der Waals surface area contributed by atoms with E-state index >= 15 is 0 Å². The van der Waals surface area contributed by atoms with Crippen molar-refractivity contribution in [2.75, 3.05) is 7.11 Å². The fraction of sp³-hybridized carbons (Fsp3) is 0.364. The number of imidazole rings is 1. The van der Waals surface area contributed by atoms with E-state index in [2.05, 4.69) is 9.97 Å². The molecule has 17 heavy (non-hydrogen) atoms. The zero-order valence-electron chi connectivity index (χ0n) is 9.85. The van der Waals surface area contributed by atoms with Crippen molar-refractivity contribution < 1.29 is 14.6 Å². The molecule has 0 fully saturated rings. The van der Waals surface area contributed by atoms with E-state index < -0.39 is 5.97 Å². The van der Waals surface area contributed by atoms with E-state index in [9.17, 15) is 9.90 Å². The van der Waals surface area contributed by atoms with Crippen molar-refractivity contribution in [2.24, 2.45) is 0 Å². The number of carbonyl (C=O) groups excluding carboxylic acids is 1. The van der Waals surface area contributed by atoms with Crippen molar-refractivity contribution in [1.29, 1.82) is 0 Å². The molecule has 0 saturated carbocycles. The van der Waals surface area contributed by atoms with Crippen LogP contribution in [0.25, 0.3) is 5.78 Å². The Morgan fingerprint density at radius 2 is 2.24 bits per heavy atom. The molecule has 2 aromatic rings. The number of aromatic nitrogens is 3. The van der Waals surface area contributed by atoms with E-state index in [4.69, 9.17) is 4.74 Å². The molecule has 0 aromatic carbocycles. The number of carboxylic acid groups (broad SMARTS) is 1. The average molecular weight is 234 g/mol. The van der Waals surface area contributed by atoms with Crippen LogP contribution in [0.4, 0.5) is 0 Å². The maximum absolute atomic E-state index is 10.7. The van der Waals surface area contributed by atoms with Crippen LogP contribution >= 0.6 is 0 Å². The van der Waals surface area contributed by atoms with Gasteiger partial charge in [-0.1, -0.05) is 6.92 Å². The van der Waals surface area contributed by atoms with Gasteiger partial charge in [0, 0.05) is 17.5 Å². The van der Waals surface area contributed by atoms with Crippen LogP contribution < -0.4 is 9.84 Å². The van der Waals surface area contributed by atoms with E-state index in [0.717, 1.165) is 17.7 Å². The summed E-state index contributed by atoms with van der Waals surface area (Å²) in [6.45, 7) is 3.85. The predicted octanol–water partition coefficient (Wildman–Crippen LogP) is -0.0278. The monoisotopic (exact) mass is 234 g/mol. The Hall–Kier alpha value is -2.11. The number of fused-ring (bicyclic) bond motifs is 1. The molecule has 6 heteroatoms. The molecule has 0 aliphatic heterocycles. The molecule has 0 amide bonds. The zero-order chi connectivity index (χ0) is 12.6. The molecule has 2 heterocycles. The van der Waals surface area contributed by atoms with E-state index in [0.29, 0.717) is 11.7 Å². The number of carboxylic acids is 1. The number of aromatic carboxylic acids is 1. The van der Waals surface area contributed by atoms with Gasteiger partial charge < -0.3 is 14.6 Å². The van der Waals surface area contributed by atoms with Crippen LogP contribution in [0.1, 0.15) is 28.7 Å². The molecule has 0 spiro atoms. The van der Waals surface area contributed by atoms with Gasteiger partial charge in [0.25, 0.3) is 0 Å². The molecule has 0 aliphatic carbocycles. The highest BCUT2D eigenvalue weighted by atomic mass is 16.5. The lowest BCUT2D eigenvalue weighted by atomic mass is 10.2. The maximum Gasteiger partial charge on any atom is 0.237 e. The second-order valence-electron chi connectivity index (χ2n) is 3.62. The Morgan fingerprint density at radius 1 is 1.53 bits per heavy atom. The summed E-state index contributed by atoms with van der Waals surface area (Å²) in [6.07, 6.45) is 2.16. The number of nitrogens with zero attached hydrogens (tertiary/aromatic N) is 3. The van der Waals surface area contributed by atoms with Gasteiger partial charge in [-0.3, -0.25) is 4.40 Å². The molecular weight excluding hydrogens is 222 g/mol. The van der Waals surface area contributed by atoms with E-state index in [1.165, 1.54) is 13.3 Å². The lowest BCUT2D eigenvalue weighted by molar-refractivity contribution is -0.255. The van der Waals surface area contributed by atoms with Crippen molar-refractivity contribution in [1.82, 2.24) is 14.4 Å². The van der Waals surface area contributed by atoms with Gasteiger partial charge in [-0.25, -0.2) is 4.98 Å². The van der Waals surface area contributed by atoms with Gasteiger partial charge in [0.05, 0.1) is 13.1 Å². The number of rotatable bonds is 3. The second-order valence-corrected chi connectivity index (χ2v) is 3.62. The Bertz CT molecular complexity index is 589. The first kappa shape index (κ1) is 11.4. The van der Waals surface area contributed by atoms with Crippen molar-refractivity contribution in [3.05, 3.63) is 23.1 Å². The maximum atomic E-state index is 10.7. The van der Waals surface area contributed by atoms with Crippen LogP contribution in [0.3, 0.4) is 0 Å². The first-order valence-corrected chi connectivity index (χ1v) is 5.22. The largest absolute Gasteiger partial charge is 0.543 e. The first-order chi connectivity index (χ1) is 8.08. The third-order valence-electron chi connectivity index (χ3n) is 2.70. The molecule has 0 N–H and O–H groups in total. The van der Waals surface area contributed by atoms with Crippen LogP contribution in [0.5, 0.6) is 5.88 Å². The zero-order valence-corrected chi connectivity index (χ0v) is 9.85. The quantitative estimate of drug-likeness (QED) is 0.745. The molecule has 6 nitrogen and oxygen atoms in total. The van der Waals surface area contributed by atoms with Crippen LogP contribution in [0, 0.1) is 6.92 Å². The Balaban J connectivity index is 2.76. The molecule has 2 rings (SSSR count). The fourth-order valence-electron chi connectivity index (χ4n) is 1.83. The average Bonchev–Trinajstić information content (AvgIpc) is 2.73. The number of hydrogen-bond donors (Lipinski definition) is 0. The smallest absolute Gasteiger partial charge is 0.237 e. The minimum atomic E-state index is -1.31. The lowest BCUT2D eigenvalue weighted by Gasteiger charge is -2.10. The highest BCUT2D eigenvalue weighted by Crippen LogP contribution is 2.21. The Labute approximate surface area is 97.9 Å². The molecule has 0 unspecified atom stereocenters. The van der Waals surface area contributed by atoms with Crippen molar-refractivity contribution in [3.8, 4) is 5.88 Å². The van der Waals surface area contributed by atoms with E-state index in [1.807, 2.05) is 13.8 Å². The number of methoxy groups -OCH3 is 1. The van der Waals surface area contributed by atoms with Gasteiger partial charge in [-0.05, 0) is 13.3 Å². The molecule has 0 bridgehead atoms. The summed E-state index contributed by atoms with van der Waals surface area (Å²) in [5, 5.41) is 10.7. The standard InChI is InChI=1S/C11H13N3O3/c1-4-7-6(2)14-5-8(10(15)16)12-11(14)13-9(7)17-3/h5H,4H2,1-3H3,(H,15,16)/p-1. The minimum absolute atomic E-state index is 0.129. The van der Waals surface area contributed by atoms with Crippen molar-refractivity contribution in [2.45, 2.75) is 20.3 Å². The third kappa shape index (κ3) is 1.71. The van der Waals surface area contributed by atoms with Gasteiger partial charge in [0.15, 0.2) is 0 Å². The fourth-order valence-corrected chi connectivity index (χ4v) is 1.83. The highest BCUT2D eigenvalue weighted by molar-refractivity contribution is 5.84. The summed E-state index contributed by atoms with van der Waals surface area (Å²) in [5.74, 6) is -0.532. The SMILES string of the molecule is CCc1c(OC)nc2nc(C(=O)[O-])cn2c1C. The Morgan fingerprint density at radius 3 is 2.76 bits per heavy atom. The molecule has 0 radical (unpaired) electrons. The highest BCUT2D eigenvalue weighted by Gasteiger charge is 2.13. The third-order valence-corrected chi connectivity index (χ3v) is 2.70. The molecular formula is C11H12N3O3-. The van der Waals surface area contributed by atoms with Gasteiger partial charge in [-0.15, -0.1) is 0 Å². The summed E-state index contributed by atoms with van der Waals surface area (Å²) >= 11 is 0. The van der Waals surface area contributed by atoms with Gasteiger partial charge >= 0.3 is 0 Å². The summed E-state index contributed by atoms with van der Waals surface area (Å²) in [4.78, 5) is 18.8. The van der Waals surface area contributed by atoms with Crippen molar-refractivity contribution in [3.63, 3.8) is 0 Å². The number of hydrogen-bond acceptors (Lipinski definition) is 5. The lowest BCUT2D eigenvalue weighted by Crippen LogP contribution is -2.22. The molecule has 90 valence electrons. The molecule has 0 aliphatic rings. The number of ether oxygens (including phenoxy) is 1. The number of aryl methyl sites for hydroxylation is 1. The van der Waals surface area contributed by atoms with Crippen LogP contribution in [-0.2, 0) is 6.42 Å².